The number of carboxylic acids is 1. The summed E-state index contributed by atoms with van der Waals surface area (Å²) >= 11 is 0. The minimum Gasteiger partial charge on any atom is -0.475 e. The second-order valence-corrected chi connectivity index (χ2v) is 9.90. The van der Waals surface area contributed by atoms with Gasteiger partial charge in [-0.3, -0.25) is 4.55 Å². The number of aryl methyl sites for hydroxylation is 1. The normalized spacial score (nSPS) is 11.3. The first kappa shape index (κ1) is 28.1. The number of aromatic nitrogens is 2. The predicted molar refractivity (Wildman–Crippen MR) is 130 cm³/mol. The summed E-state index contributed by atoms with van der Waals surface area (Å²) in [6.45, 7) is 2.27. The Hall–Kier alpha value is -1.93. The minimum absolute atomic E-state index is 0.0304. The number of hydrogen-bond acceptors (Lipinski definition) is 4. The molecule has 0 aliphatic heterocycles. The zero-order valence-corrected chi connectivity index (χ0v) is 20.4. The van der Waals surface area contributed by atoms with E-state index in [0.717, 1.165) is 29.4 Å². The summed E-state index contributed by atoms with van der Waals surface area (Å²) in [4.78, 5) is 18.2. The molecule has 8 heteroatoms. The SMILES string of the molecule is CCCCCCCCCCCCCCCc1cccc2[nH]c(C(=O)O)nc12.CS(=O)(=O)O. The van der Waals surface area contributed by atoms with Gasteiger partial charge in [0.25, 0.3) is 10.1 Å². The van der Waals surface area contributed by atoms with Crippen LogP contribution in [0.3, 0.4) is 0 Å². The van der Waals surface area contributed by atoms with Gasteiger partial charge in [0.1, 0.15) is 0 Å². The number of H-pyrrole nitrogens is 1. The number of unbranched alkanes of at least 4 members (excludes halogenated alkanes) is 12. The van der Waals surface area contributed by atoms with Crippen molar-refractivity contribution in [1.29, 1.82) is 0 Å². The van der Waals surface area contributed by atoms with Gasteiger partial charge in [0, 0.05) is 0 Å². The van der Waals surface area contributed by atoms with Gasteiger partial charge in [-0.15, -0.1) is 0 Å². The standard InChI is InChI=1S/C23H36N2O2.CH4O3S/c1-2-3-4-5-6-7-8-9-10-11-12-13-14-16-19-17-15-18-20-21(19)25-22(24-20)23(26)27;1-5(2,3)4/h15,17-18H,2-14,16H2,1H3,(H,24,25)(H,26,27);1H3,(H,2,3,4). The predicted octanol–water partition coefficient (Wildman–Crippen LogP) is 6.40. The van der Waals surface area contributed by atoms with Gasteiger partial charge < -0.3 is 10.1 Å². The molecule has 0 fully saturated rings. The molecule has 2 rings (SSSR count). The summed E-state index contributed by atoms with van der Waals surface area (Å²) < 4.78 is 25.9. The molecule has 0 saturated carbocycles. The van der Waals surface area contributed by atoms with Crippen LogP contribution in [-0.4, -0.2) is 40.3 Å². The Balaban J connectivity index is 0.000000920. The molecule has 1 aromatic heterocycles. The monoisotopic (exact) mass is 468 g/mol. The molecule has 182 valence electrons. The van der Waals surface area contributed by atoms with Gasteiger partial charge in [-0.2, -0.15) is 8.42 Å². The molecule has 0 aliphatic rings. The van der Waals surface area contributed by atoms with Crippen molar-refractivity contribution in [3.63, 3.8) is 0 Å². The van der Waals surface area contributed by atoms with Gasteiger partial charge in [-0.05, 0) is 24.5 Å². The number of carboxylic acid groups (broad SMARTS) is 1. The fourth-order valence-corrected chi connectivity index (χ4v) is 3.73. The molecule has 3 N–H and O–H groups in total. The smallest absolute Gasteiger partial charge is 0.371 e. The Labute approximate surface area is 192 Å². The fraction of sp³-hybridized carbons (Fsp3) is 0.667. The van der Waals surface area contributed by atoms with Crippen LogP contribution in [0.15, 0.2) is 18.2 Å². The zero-order valence-electron chi connectivity index (χ0n) is 19.6. The molecule has 0 bridgehead atoms. The van der Waals surface area contributed by atoms with Crippen molar-refractivity contribution in [2.45, 2.75) is 96.8 Å². The minimum atomic E-state index is -3.67. The van der Waals surface area contributed by atoms with Crippen LogP contribution < -0.4 is 0 Å². The highest BCUT2D eigenvalue weighted by molar-refractivity contribution is 7.85. The number of para-hydroxylation sites is 1. The van der Waals surface area contributed by atoms with Gasteiger partial charge >= 0.3 is 5.97 Å². The van der Waals surface area contributed by atoms with E-state index in [2.05, 4.69) is 23.0 Å². The van der Waals surface area contributed by atoms with Gasteiger partial charge in [0.15, 0.2) is 0 Å². The van der Waals surface area contributed by atoms with Crippen molar-refractivity contribution in [3.8, 4) is 0 Å². The first-order valence-corrected chi connectivity index (χ1v) is 13.7. The maximum absolute atomic E-state index is 11.1. The van der Waals surface area contributed by atoms with Crippen LogP contribution in [0.2, 0.25) is 0 Å². The maximum atomic E-state index is 11.1. The van der Waals surface area contributed by atoms with E-state index in [1.54, 1.807) is 0 Å². The number of hydrogen-bond donors (Lipinski definition) is 3. The lowest BCUT2D eigenvalue weighted by molar-refractivity contribution is 0.0685. The number of nitrogens with zero attached hydrogens (tertiary/aromatic N) is 1. The first-order chi connectivity index (χ1) is 15.2. The van der Waals surface area contributed by atoms with Gasteiger partial charge in [-0.25, -0.2) is 9.78 Å². The highest BCUT2D eigenvalue weighted by Gasteiger charge is 2.11. The number of aromatic amines is 1. The van der Waals surface area contributed by atoms with Crippen molar-refractivity contribution < 1.29 is 22.9 Å². The summed E-state index contributed by atoms with van der Waals surface area (Å²) in [7, 11) is -3.67. The summed E-state index contributed by atoms with van der Waals surface area (Å²) in [5.41, 5.74) is 2.78. The Morgan fingerprint density at radius 3 is 1.84 bits per heavy atom. The van der Waals surface area contributed by atoms with Gasteiger partial charge in [0.05, 0.1) is 17.3 Å². The van der Waals surface area contributed by atoms with Gasteiger partial charge in [-0.1, -0.05) is 96.1 Å². The molecule has 0 saturated heterocycles. The lowest BCUT2D eigenvalue weighted by Gasteiger charge is -2.04. The van der Waals surface area contributed by atoms with E-state index < -0.39 is 16.1 Å². The second-order valence-electron chi connectivity index (χ2n) is 8.43. The van der Waals surface area contributed by atoms with Crippen LogP contribution in [-0.2, 0) is 16.5 Å². The Bertz CT molecular complexity index is 885. The molecule has 0 aliphatic carbocycles. The highest BCUT2D eigenvalue weighted by Crippen LogP contribution is 2.19. The third-order valence-electron chi connectivity index (χ3n) is 5.35. The average molecular weight is 469 g/mol. The number of fused-ring (bicyclic) bond motifs is 1. The van der Waals surface area contributed by atoms with Crippen LogP contribution >= 0.6 is 0 Å². The Morgan fingerprint density at radius 2 is 1.38 bits per heavy atom. The van der Waals surface area contributed by atoms with Gasteiger partial charge in [0.2, 0.25) is 5.82 Å². The van der Waals surface area contributed by atoms with E-state index in [1.165, 1.54) is 77.0 Å². The molecule has 1 heterocycles. The summed E-state index contributed by atoms with van der Waals surface area (Å²) in [6, 6.07) is 5.93. The van der Waals surface area contributed by atoms with Crippen LogP contribution in [0.25, 0.3) is 11.0 Å². The first-order valence-electron chi connectivity index (χ1n) is 11.9. The van der Waals surface area contributed by atoms with Crippen LogP contribution in [0.4, 0.5) is 0 Å². The summed E-state index contributed by atoms with van der Waals surface area (Å²) in [5, 5.41) is 9.08. The van der Waals surface area contributed by atoms with E-state index in [-0.39, 0.29) is 5.82 Å². The molecule has 0 spiro atoms. The van der Waals surface area contributed by atoms with Crippen LogP contribution in [0.1, 0.15) is 107 Å². The molecule has 32 heavy (non-hydrogen) atoms. The molecule has 2 aromatic rings. The van der Waals surface area contributed by atoms with Crippen molar-refractivity contribution in [2.24, 2.45) is 0 Å². The molecule has 1 aromatic carbocycles. The topological polar surface area (TPSA) is 120 Å². The Kier molecular flexibility index (Phi) is 13.9. The fourth-order valence-electron chi connectivity index (χ4n) is 3.73. The third-order valence-corrected chi connectivity index (χ3v) is 5.35. The second kappa shape index (κ2) is 15.8. The van der Waals surface area contributed by atoms with Crippen molar-refractivity contribution in [1.82, 2.24) is 9.97 Å². The number of imidazole rings is 1. The lowest BCUT2D eigenvalue weighted by atomic mass is 10.0. The number of rotatable bonds is 15. The molecule has 0 unspecified atom stereocenters. The lowest BCUT2D eigenvalue weighted by Crippen LogP contribution is -1.98. The van der Waals surface area contributed by atoms with Crippen molar-refractivity contribution in [3.05, 3.63) is 29.6 Å². The van der Waals surface area contributed by atoms with E-state index in [4.69, 9.17) is 9.66 Å². The van der Waals surface area contributed by atoms with E-state index in [9.17, 15) is 13.2 Å². The van der Waals surface area contributed by atoms with Crippen molar-refractivity contribution >= 4 is 27.1 Å². The molecule has 0 amide bonds. The Morgan fingerprint density at radius 1 is 0.906 bits per heavy atom. The number of carbonyl (C=O) groups is 1. The number of aromatic carboxylic acids is 1. The van der Waals surface area contributed by atoms with Crippen molar-refractivity contribution in [2.75, 3.05) is 6.26 Å². The molecule has 0 atom stereocenters. The maximum Gasteiger partial charge on any atom is 0.371 e. The van der Waals surface area contributed by atoms with Crippen LogP contribution in [0.5, 0.6) is 0 Å². The molecule has 0 radical (unpaired) electrons. The quantitative estimate of drug-likeness (QED) is 0.205. The zero-order chi connectivity index (χ0) is 23.8. The van der Waals surface area contributed by atoms with Crippen LogP contribution in [0, 0.1) is 0 Å². The third kappa shape index (κ3) is 13.5. The number of nitrogens with one attached hydrogen (secondary N) is 1. The summed E-state index contributed by atoms with van der Waals surface area (Å²) in [6.07, 6.45) is 19.3. The highest BCUT2D eigenvalue weighted by atomic mass is 32.2. The molecule has 7 nitrogen and oxygen atoms in total. The largest absolute Gasteiger partial charge is 0.475 e. The molecular formula is C24H40N2O5S. The number of benzene rings is 1. The van der Waals surface area contributed by atoms with E-state index >= 15 is 0 Å². The summed E-state index contributed by atoms with van der Waals surface area (Å²) in [5.74, 6) is -0.971. The van der Waals surface area contributed by atoms with E-state index in [0.29, 0.717) is 6.26 Å². The molecular weight excluding hydrogens is 428 g/mol. The van der Waals surface area contributed by atoms with E-state index in [1.807, 2.05) is 12.1 Å². The average Bonchev–Trinajstić information content (AvgIpc) is 3.16.